The SMILES string of the molecule is COC(=O)Cc1c(OC(F)(F)F)ncc(C(F)(F)F)c1CCl. The van der Waals surface area contributed by atoms with Crippen LogP contribution < -0.4 is 4.74 Å². The van der Waals surface area contributed by atoms with E-state index in [0.29, 0.717) is 0 Å². The first kappa shape index (κ1) is 18.3. The van der Waals surface area contributed by atoms with E-state index in [9.17, 15) is 31.1 Å². The number of pyridine rings is 1. The van der Waals surface area contributed by atoms with Crippen molar-refractivity contribution in [3.05, 3.63) is 22.9 Å². The van der Waals surface area contributed by atoms with Gasteiger partial charge in [-0.15, -0.1) is 24.8 Å². The van der Waals surface area contributed by atoms with Gasteiger partial charge in [-0.3, -0.25) is 4.79 Å². The van der Waals surface area contributed by atoms with Gasteiger partial charge in [0.25, 0.3) is 0 Å². The Morgan fingerprint density at radius 3 is 2.23 bits per heavy atom. The van der Waals surface area contributed by atoms with Crippen LogP contribution in [0, 0.1) is 0 Å². The van der Waals surface area contributed by atoms with E-state index in [2.05, 4.69) is 14.5 Å². The van der Waals surface area contributed by atoms with E-state index in [1.54, 1.807) is 0 Å². The van der Waals surface area contributed by atoms with Crippen LogP contribution in [0.4, 0.5) is 26.3 Å². The number of halogens is 7. The summed E-state index contributed by atoms with van der Waals surface area (Å²) in [7, 11) is 0.925. The van der Waals surface area contributed by atoms with Crippen LogP contribution in [0.5, 0.6) is 5.88 Å². The number of alkyl halides is 7. The van der Waals surface area contributed by atoms with Crippen LogP contribution >= 0.6 is 11.6 Å². The second kappa shape index (κ2) is 6.59. The van der Waals surface area contributed by atoms with Gasteiger partial charge in [-0.05, 0) is 5.56 Å². The lowest BCUT2D eigenvalue weighted by molar-refractivity contribution is -0.276. The van der Waals surface area contributed by atoms with Crippen molar-refractivity contribution in [1.82, 2.24) is 4.98 Å². The maximum Gasteiger partial charge on any atom is 0.574 e. The molecule has 0 amide bonds. The number of esters is 1. The number of hydrogen-bond donors (Lipinski definition) is 0. The molecule has 1 rings (SSSR count). The van der Waals surface area contributed by atoms with E-state index in [1.807, 2.05) is 0 Å². The Bertz CT molecular complexity index is 558. The molecule has 0 radical (unpaired) electrons. The van der Waals surface area contributed by atoms with Crippen molar-refractivity contribution >= 4 is 17.6 Å². The van der Waals surface area contributed by atoms with E-state index in [4.69, 9.17) is 11.6 Å². The number of carbonyl (C=O) groups excluding carboxylic acids is 1. The molecule has 0 spiro atoms. The molecule has 0 aliphatic heterocycles. The summed E-state index contributed by atoms with van der Waals surface area (Å²) in [5, 5.41) is 0. The fourth-order valence-electron chi connectivity index (χ4n) is 1.56. The van der Waals surface area contributed by atoms with Crippen molar-refractivity contribution in [3.8, 4) is 5.88 Å². The third-order valence-corrected chi connectivity index (χ3v) is 2.73. The lowest BCUT2D eigenvalue weighted by Gasteiger charge is -2.18. The van der Waals surface area contributed by atoms with Crippen molar-refractivity contribution in [1.29, 1.82) is 0 Å². The topological polar surface area (TPSA) is 48.4 Å². The molecule has 124 valence electrons. The van der Waals surface area contributed by atoms with E-state index in [0.717, 1.165) is 7.11 Å². The number of rotatable bonds is 4. The van der Waals surface area contributed by atoms with Gasteiger partial charge in [0.1, 0.15) is 0 Å². The van der Waals surface area contributed by atoms with Crippen molar-refractivity contribution in [2.75, 3.05) is 7.11 Å². The Kier molecular flexibility index (Phi) is 5.49. The maximum atomic E-state index is 12.8. The fourth-order valence-corrected chi connectivity index (χ4v) is 1.87. The largest absolute Gasteiger partial charge is 0.574 e. The zero-order valence-corrected chi connectivity index (χ0v) is 11.6. The number of ether oxygens (including phenoxy) is 2. The highest BCUT2D eigenvalue weighted by Gasteiger charge is 2.38. The lowest BCUT2D eigenvalue weighted by Crippen LogP contribution is -2.22. The minimum Gasteiger partial charge on any atom is -0.469 e. The minimum absolute atomic E-state index is 0.166. The summed E-state index contributed by atoms with van der Waals surface area (Å²) in [6.45, 7) is 0. The molecule has 0 saturated heterocycles. The summed E-state index contributed by atoms with van der Waals surface area (Å²) < 4.78 is 83.1. The Labute approximate surface area is 125 Å². The molecule has 1 aromatic rings. The first-order chi connectivity index (χ1) is 9.99. The van der Waals surface area contributed by atoms with Gasteiger partial charge in [-0.2, -0.15) is 13.2 Å². The van der Waals surface area contributed by atoms with Gasteiger partial charge in [0.2, 0.25) is 5.88 Å². The highest BCUT2D eigenvalue weighted by molar-refractivity contribution is 6.17. The van der Waals surface area contributed by atoms with Gasteiger partial charge in [0, 0.05) is 17.6 Å². The van der Waals surface area contributed by atoms with Gasteiger partial charge in [-0.25, -0.2) is 4.98 Å². The van der Waals surface area contributed by atoms with Gasteiger partial charge >= 0.3 is 18.5 Å². The summed E-state index contributed by atoms with van der Waals surface area (Å²) >= 11 is 5.40. The molecule has 22 heavy (non-hydrogen) atoms. The van der Waals surface area contributed by atoms with Crippen molar-refractivity contribution in [3.63, 3.8) is 0 Å². The first-order valence-corrected chi connectivity index (χ1v) is 5.99. The van der Waals surface area contributed by atoms with Crippen LogP contribution in [0.15, 0.2) is 6.20 Å². The summed E-state index contributed by atoms with van der Waals surface area (Å²) in [6, 6.07) is 0. The average Bonchev–Trinajstić information content (AvgIpc) is 2.37. The Morgan fingerprint density at radius 2 is 1.82 bits per heavy atom. The predicted octanol–water partition coefficient (Wildman–Crippen LogP) is 3.45. The van der Waals surface area contributed by atoms with Gasteiger partial charge < -0.3 is 9.47 Å². The van der Waals surface area contributed by atoms with Crippen molar-refractivity contribution < 1.29 is 40.6 Å². The molecule has 4 nitrogen and oxygen atoms in total. The molecule has 1 heterocycles. The maximum absolute atomic E-state index is 12.8. The second-order valence-corrected chi connectivity index (χ2v) is 4.13. The molecule has 0 aliphatic carbocycles. The first-order valence-electron chi connectivity index (χ1n) is 5.46. The molecule has 0 aromatic carbocycles. The van der Waals surface area contributed by atoms with Crippen LogP contribution in [-0.4, -0.2) is 24.4 Å². The Balaban J connectivity index is 3.49. The molecular formula is C11H8ClF6NO3. The third-order valence-electron chi connectivity index (χ3n) is 2.46. The summed E-state index contributed by atoms with van der Waals surface area (Å²) in [4.78, 5) is 14.2. The zero-order valence-electron chi connectivity index (χ0n) is 10.8. The molecule has 0 bridgehead atoms. The lowest BCUT2D eigenvalue weighted by atomic mass is 10.0. The van der Waals surface area contributed by atoms with E-state index in [1.165, 1.54) is 0 Å². The van der Waals surface area contributed by atoms with Crippen LogP contribution in [0.3, 0.4) is 0 Å². The van der Waals surface area contributed by atoms with E-state index in [-0.39, 0.29) is 6.20 Å². The standard InChI is InChI=1S/C11H8ClF6NO3/c1-21-8(20)2-5-6(3-12)7(10(13,14)15)4-19-9(5)22-11(16,17)18/h4H,2-3H2,1H3. The van der Waals surface area contributed by atoms with Crippen LogP contribution in [0.2, 0.25) is 0 Å². The second-order valence-electron chi connectivity index (χ2n) is 3.87. The number of nitrogens with zero attached hydrogens (tertiary/aromatic N) is 1. The molecule has 0 fully saturated rings. The highest BCUT2D eigenvalue weighted by atomic mass is 35.5. The molecule has 0 saturated carbocycles. The summed E-state index contributed by atoms with van der Waals surface area (Å²) in [5.41, 5.74) is -2.81. The Hall–Kier alpha value is -1.71. The van der Waals surface area contributed by atoms with Crippen molar-refractivity contribution in [2.45, 2.75) is 24.8 Å². The number of methoxy groups -OCH3 is 1. The molecule has 0 N–H and O–H groups in total. The molecule has 1 aromatic heterocycles. The molecule has 0 aliphatic rings. The van der Waals surface area contributed by atoms with Crippen LogP contribution in [-0.2, 0) is 28.0 Å². The average molecular weight is 352 g/mol. The fraction of sp³-hybridized carbons (Fsp3) is 0.455. The van der Waals surface area contributed by atoms with Crippen LogP contribution in [0.25, 0.3) is 0 Å². The van der Waals surface area contributed by atoms with Gasteiger partial charge in [0.15, 0.2) is 0 Å². The number of carbonyl (C=O) groups is 1. The monoisotopic (exact) mass is 351 g/mol. The summed E-state index contributed by atoms with van der Waals surface area (Å²) in [5.74, 6) is -3.04. The van der Waals surface area contributed by atoms with Crippen molar-refractivity contribution in [2.24, 2.45) is 0 Å². The Morgan fingerprint density at radius 1 is 1.23 bits per heavy atom. The summed E-state index contributed by atoms with van der Waals surface area (Å²) in [6.07, 6.45) is -10.8. The molecule has 11 heteroatoms. The minimum atomic E-state index is -5.19. The molecule has 0 atom stereocenters. The molecular weight excluding hydrogens is 344 g/mol. The molecule has 0 unspecified atom stereocenters. The van der Waals surface area contributed by atoms with Crippen LogP contribution in [0.1, 0.15) is 16.7 Å². The third kappa shape index (κ3) is 4.65. The van der Waals surface area contributed by atoms with Gasteiger partial charge in [-0.1, -0.05) is 0 Å². The van der Waals surface area contributed by atoms with E-state index >= 15 is 0 Å². The smallest absolute Gasteiger partial charge is 0.469 e. The highest BCUT2D eigenvalue weighted by Crippen LogP contribution is 2.37. The quantitative estimate of drug-likeness (QED) is 0.473. The number of hydrogen-bond acceptors (Lipinski definition) is 4. The number of aromatic nitrogens is 1. The van der Waals surface area contributed by atoms with E-state index < -0.39 is 53.4 Å². The van der Waals surface area contributed by atoms with Gasteiger partial charge in [0.05, 0.1) is 19.1 Å². The predicted molar refractivity (Wildman–Crippen MR) is 61.2 cm³/mol. The normalized spacial score (nSPS) is 12.2. The zero-order chi connectivity index (χ0) is 17.1.